The minimum absolute atomic E-state index is 0.0703. The summed E-state index contributed by atoms with van der Waals surface area (Å²) < 4.78 is 6.64. The molecule has 1 aliphatic rings. The minimum Gasteiger partial charge on any atom is -0.481 e. The highest BCUT2D eigenvalue weighted by Crippen LogP contribution is 2.46. The lowest BCUT2D eigenvalue weighted by atomic mass is 9.84. The first kappa shape index (κ1) is 17.7. The van der Waals surface area contributed by atoms with Crippen LogP contribution in [-0.4, -0.2) is 48.4 Å². The maximum absolute atomic E-state index is 12.5. The maximum Gasteiger partial charge on any atom is 0.305 e. The van der Waals surface area contributed by atoms with Crippen molar-refractivity contribution < 1.29 is 24.2 Å². The van der Waals surface area contributed by atoms with Gasteiger partial charge in [-0.3, -0.25) is 14.4 Å². The fourth-order valence-electron chi connectivity index (χ4n) is 2.70. The predicted molar refractivity (Wildman–Crippen MR) is 80.2 cm³/mol. The molecule has 6 nitrogen and oxygen atoms in total. The van der Waals surface area contributed by atoms with E-state index in [2.05, 4.69) is 33.9 Å². The van der Waals surface area contributed by atoms with E-state index in [0.29, 0.717) is 6.47 Å². The van der Waals surface area contributed by atoms with Crippen LogP contribution in [0.5, 0.6) is 0 Å². The van der Waals surface area contributed by atoms with Crippen LogP contribution in [0.15, 0.2) is 0 Å². The second-order valence-electron chi connectivity index (χ2n) is 7.15. The van der Waals surface area contributed by atoms with E-state index in [1.54, 1.807) is 11.5 Å². The standard InChI is InChI=1S/C14H25NO5Si/c1-9(20-8-16)12-10(7-11(17)18)15(13(12)19)21(5,6)14(2,3)4/h8-10,12H,7H2,1-6H3,(H,17,18)/t9-,10-,12+/m0/s1. The summed E-state index contributed by atoms with van der Waals surface area (Å²) in [6.45, 7) is 12.3. The first-order valence-electron chi connectivity index (χ1n) is 7.09. The number of hydrogen-bond donors (Lipinski definition) is 1. The van der Waals surface area contributed by atoms with Crippen molar-refractivity contribution in [2.45, 2.75) is 64.4 Å². The SMILES string of the molecule is C[C@H](OC=O)[C@H]1C(=O)N([Si](C)(C)C(C)(C)C)[C@H]1CC(=O)O. The lowest BCUT2D eigenvalue weighted by Gasteiger charge is -2.59. The smallest absolute Gasteiger partial charge is 0.305 e. The van der Waals surface area contributed by atoms with E-state index in [1.807, 2.05) is 0 Å². The Labute approximate surface area is 126 Å². The molecule has 0 saturated carbocycles. The van der Waals surface area contributed by atoms with Crippen LogP contribution in [0, 0.1) is 5.92 Å². The van der Waals surface area contributed by atoms with Crippen LogP contribution >= 0.6 is 0 Å². The van der Waals surface area contributed by atoms with Gasteiger partial charge in [0.2, 0.25) is 5.91 Å². The van der Waals surface area contributed by atoms with Gasteiger partial charge < -0.3 is 14.4 Å². The zero-order valence-corrected chi connectivity index (χ0v) is 14.5. The second kappa shape index (κ2) is 5.79. The average molecular weight is 315 g/mol. The Bertz CT molecular complexity index is 443. The number of nitrogens with zero attached hydrogens (tertiary/aromatic N) is 1. The lowest BCUT2D eigenvalue weighted by molar-refractivity contribution is -0.163. The molecule has 0 radical (unpaired) electrons. The normalized spacial score (nSPS) is 24.3. The molecule has 1 amide bonds. The molecule has 0 aromatic carbocycles. The zero-order valence-electron chi connectivity index (χ0n) is 13.5. The van der Waals surface area contributed by atoms with E-state index >= 15 is 0 Å². The second-order valence-corrected chi connectivity index (χ2v) is 12.2. The molecule has 1 aliphatic heterocycles. The highest BCUT2D eigenvalue weighted by molar-refractivity contribution is 6.80. The molecule has 1 saturated heterocycles. The fraction of sp³-hybridized carbons (Fsp3) is 0.786. The van der Waals surface area contributed by atoms with Crippen LogP contribution in [0.4, 0.5) is 0 Å². The van der Waals surface area contributed by atoms with Gasteiger partial charge in [-0.15, -0.1) is 0 Å². The summed E-state index contributed by atoms with van der Waals surface area (Å²) in [6, 6.07) is -0.397. The topological polar surface area (TPSA) is 83.9 Å². The summed E-state index contributed by atoms with van der Waals surface area (Å²) in [7, 11) is -2.15. The van der Waals surface area contributed by atoms with Crippen molar-refractivity contribution in [1.82, 2.24) is 4.57 Å². The molecule has 0 bridgehead atoms. The average Bonchev–Trinajstić information content (AvgIpc) is 2.25. The Kier molecular flexibility index (Phi) is 4.87. The Morgan fingerprint density at radius 2 is 2.00 bits per heavy atom. The highest BCUT2D eigenvalue weighted by atomic mass is 28.3. The van der Waals surface area contributed by atoms with Crippen LogP contribution in [0.1, 0.15) is 34.1 Å². The molecular weight excluding hydrogens is 290 g/mol. The third-order valence-corrected chi connectivity index (χ3v) is 10.3. The van der Waals surface area contributed by atoms with E-state index in [9.17, 15) is 14.4 Å². The van der Waals surface area contributed by atoms with Crippen molar-refractivity contribution in [3.05, 3.63) is 0 Å². The molecule has 7 heteroatoms. The summed E-state index contributed by atoms with van der Waals surface area (Å²) >= 11 is 0. The van der Waals surface area contributed by atoms with Crippen LogP contribution < -0.4 is 0 Å². The van der Waals surface area contributed by atoms with E-state index in [-0.39, 0.29) is 17.4 Å². The molecule has 0 unspecified atom stereocenters. The van der Waals surface area contributed by atoms with Crippen molar-refractivity contribution in [2.24, 2.45) is 5.92 Å². The van der Waals surface area contributed by atoms with Gasteiger partial charge in [0.05, 0.1) is 12.3 Å². The van der Waals surface area contributed by atoms with E-state index < -0.39 is 32.3 Å². The number of aliphatic carboxylic acids is 1. The molecule has 120 valence electrons. The number of carboxylic acid groups (broad SMARTS) is 1. The Balaban J connectivity index is 3.08. The molecule has 0 aromatic rings. The number of carboxylic acids is 1. The van der Waals surface area contributed by atoms with Gasteiger partial charge >= 0.3 is 5.97 Å². The summed E-state index contributed by atoms with van der Waals surface area (Å²) in [5.74, 6) is -1.60. The van der Waals surface area contributed by atoms with Crippen LogP contribution in [0.3, 0.4) is 0 Å². The van der Waals surface area contributed by atoms with Crippen LogP contribution in [0.2, 0.25) is 18.1 Å². The molecule has 21 heavy (non-hydrogen) atoms. The van der Waals surface area contributed by atoms with Crippen molar-refractivity contribution in [1.29, 1.82) is 0 Å². The molecule has 1 fully saturated rings. The molecule has 0 aliphatic carbocycles. The third-order valence-electron chi connectivity index (χ3n) is 4.87. The maximum atomic E-state index is 12.5. The third kappa shape index (κ3) is 3.12. The molecule has 1 rings (SSSR count). The number of rotatable bonds is 6. The van der Waals surface area contributed by atoms with Crippen molar-refractivity contribution >= 4 is 26.6 Å². The molecule has 1 N–H and O–H groups in total. The number of ether oxygens (including phenoxy) is 1. The van der Waals surface area contributed by atoms with Gasteiger partial charge in [-0.25, -0.2) is 0 Å². The molecule has 3 atom stereocenters. The predicted octanol–water partition coefficient (Wildman–Crippen LogP) is 1.85. The van der Waals surface area contributed by atoms with Crippen molar-refractivity contribution in [3.63, 3.8) is 0 Å². The van der Waals surface area contributed by atoms with Crippen LogP contribution in [-0.2, 0) is 19.1 Å². The lowest BCUT2D eigenvalue weighted by Crippen LogP contribution is -2.74. The number of amides is 1. The summed E-state index contributed by atoms with van der Waals surface area (Å²) in [6.07, 6.45) is -0.712. The zero-order chi connectivity index (χ0) is 16.6. The van der Waals surface area contributed by atoms with Gasteiger partial charge in [0.25, 0.3) is 6.47 Å². The first-order valence-corrected chi connectivity index (χ1v) is 10.0. The Hall–Kier alpha value is -1.37. The summed E-state index contributed by atoms with van der Waals surface area (Å²) in [5.41, 5.74) is 0. The number of β-lactam (4-membered cyclic amide) rings is 1. The van der Waals surface area contributed by atoms with Gasteiger partial charge in [0, 0.05) is 6.04 Å². The van der Waals surface area contributed by atoms with Gasteiger partial charge in [0.15, 0.2) is 8.24 Å². The van der Waals surface area contributed by atoms with E-state index in [0.717, 1.165) is 0 Å². The fourth-order valence-corrected chi connectivity index (χ4v) is 5.21. The van der Waals surface area contributed by atoms with Crippen molar-refractivity contribution in [2.75, 3.05) is 0 Å². The molecule has 0 spiro atoms. The Morgan fingerprint density at radius 3 is 2.38 bits per heavy atom. The van der Waals surface area contributed by atoms with Gasteiger partial charge in [-0.05, 0) is 12.0 Å². The van der Waals surface area contributed by atoms with Gasteiger partial charge in [0.1, 0.15) is 6.10 Å². The monoisotopic (exact) mass is 315 g/mol. The van der Waals surface area contributed by atoms with E-state index in [1.165, 1.54) is 0 Å². The summed E-state index contributed by atoms with van der Waals surface area (Å²) in [4.78, 5) is 34.1. The number of hydrogen-bond acceptors (Lipinski definition) is 4. The molecule has 1 heterocycles. The largest absolute Gasteiger partial charge is 0.481 e. The van der Waals surface area contributed by atoms with Gasteiger partial charge in [-0.1, -0.05) is 33.9 Å². The minimum atomic E-state index is -2.15. The Morgan fingerprint density at radius 1 is 1.48 bits per heavy atom. The quantitative estimate of drug-likeness (QED) is 0.459. The first-order chi connectivity index (χ1) is 9.45. The highest BCUT2D eigenvalue weighted by Gasteiger charge is 2.59. The number of carbonyl (C=O) groups excluding carboxylic acids is 2. The van der Waals surface area contributed by atoms with E-state index in [4.69, 9.17) is 9.84 Å². The molecule has 0 aromatic heterocycles. The van der Waals surface area contributed by atoms with Crippen molar-refractivity contribution in [3.8, 4) is 0 Å². The number of carbonyl (C=O) groups is 3. The summed E-state index contributed by atoms with van der Waals surface area (Å²) in [5, 5.41) is 9.05. The molecular formula is C14H25NO5Si. The van der Waals surface area contributed by atoms with Gasteiger partial charge in [-0.2, -0.15) is 0 Å². The van der Waals surface area contributed by atoms with Crippen LogP contribution in [0.25, 0.3) is 0 Å².